The molecule has 3 nitrogen and oxygen atoms in total. The molecule has 1 rings (SSSR count). The largest absolute Gasteiger partial charge is 0.494 e. The van der Waals surface area contributed by atoms with E-state index < -0.39 is 6.10 Å². The van der Waals surface area contributed by atoms with E-state index in [1.807, 2.05) is 6.07 Å². The van der Waals surface area contributed by atoms with Crippen LogP contribution in [-0.2, 0) is 6.42 Å². The minimum atomic E-state index is -0.421. The summed E-state index contributed by atoms with van der Waals surface area (Å²) in [5, 5.41) is 9.67. The molecule has 1 aromatic carbocycles. The Morgan fingerprint density at radius 2 is 2.05 bits per heavy atom. The Bertz CT molecular complexity index is 379. The fourth-order valence-corrected chi connectivity index (χ4v) is 2.31. The Kier molecular flexibility index (Phi) is 6.89. The van der Waals surface area contributed by atoms with E-state index in [0.717, 1.165) is 25.2 Å². The highest BCUT2D eigenvalue weighted by Crippen LogP contribution is 2.28. The Labute approximate surface area is 116 Å². The van der Waals surface area contributed by atoms with Crippen molar-refractivity contribution >= 4 is 0 Å². The lowest BCUT2D eigenvalue weighted by molar-refractivity contribution is 0.165. The van der Waals surface area contributed by atoms with Crippen LogP contribution in [0.15, 0.2) is 18.2 Å². The fourth-order valence-electron chi connectivity index (χ4n) is 2.31. The molecular weight excluding hydrogens is 238 g/mol. The number of nitrogens with two attached hydrogens (primary N) is 1. The SMILES string of the molecule is CCCOc1ccc(C(C)CC(O)CN)c(CC)c1. The summed E-state index contributed by atoms with van der Waals surface area (Å²) in [6, 6.07) is 6.27. The Balaban J connectivity index is 2.82. The van der Waals surface area contributed by atoms with Gasteiger partial charge in [0.05, 0.1) is 12.7 Å². The number of aliphatic hydroxyl groups excluding tert-OH is 1. The molecule has 0 heterocycles. The van der Waals surface area contributed by atoms with Gasteiger partial charge in [-0.2, -0.15) is 0 Å². The van der Waals surface area contributed by atoms with Gasteiger partial charge in [-0.3, -0.25) is 0 Å². The molecule has 0 saturated heterocycles. The Hall–Kier alpha value is -1.06. The molecule has 0 bridgehead atoms. The number of aliphatic hydroxyl groups is 1. The highest BCUT2D eigenvalue weighted by atomic mass is 16.5. The standard InChI is InChI=1S/C16H27NO2/c1-4-8-19-15-6-7-16(13(5-2)10-15)12(3)9-14(18)11-17/h6-7,10,12,14,18H,4-5,8-9,11,17H2,1-3H3. The first-order chi connectivity index (χ1) is 9.12. The number of ether oxygens (including phenoxy) is 1. The van der Waals surface area contributed by atoms with E-state index >= 15 is 0 Å². The first-order valence-electron chi connectivity index (χ1n) is 7.26. The van der Waals surface area contributed by atoms with Gasteiger partial charge in [-0.15, -0.1) is 0 Å². The predicted molar refractivity (Wildman–Crippen MR) is 79.7 cm³/mol. The van der Waals surface area contributed by atoms with Gasteiger partial charge in [0.15, 0.2) is 0 Å². The maximum atomic E-state index is 9.67. The molecule has 0 aliphatic rings. The smallest absolute Gasteiger partial charge is 0.119 e. The van der Waals surface area contributed by atoms with Crippen molar-refractivity contribution in [3.05, 3.63) is 29.3 Å². The third-order valence-corrected chi connectivity index (χ3v) is 3.40. The van der Waals surface area contributed by atoms with E-state index in [1.165, 1.54) is 11.1 Å². The van der Waals surface area contributed by atoms with Crippen molar-refractivity contribution in [1.29, 1.82) is 0 Å². The highest BCUT2D eigenvalue weighted by Gasteiger charge is 2.14. The molecule has 19 heavy (non-hydrogen) atoms. The highest BCUT2D eigenvalue weighted by molar-refractivity contribution is 5.37. The molecule has 0 aliphatic heterocycles. The van der Waals surface area contributed by atoms with E-state index in [2.05, 4.69) is 32.9 Å². The van der Waals surface area contributed by atoms with E-state index in [-0.39, 0.29) is 0 Å². The van der Waals surface area contributed by atoms with Crippen LogP contribution in [0.2, 0.25) is 0 Å². The minimum Gasteiger partial charge on any atom is -0.494 e. The Morgan fingerprint density at radius 1 is 1.32 bits per heavy atom. The molecule has 0 amide bonds. The second kappa shape index (κ2) is 8.18. The number of aryl methyl sites for hydroxylation is 1. The molecule has 2 unspecified atom stereocenters. The van der Waals surface area contributed by atoms with E-state index in [0.29, 0.717) is 18.9 Å². The molecule has 1 aromatic rings. The summed E-state index contributed by atoms with van der Waals surface area (Å²) in [4.78, 5) is 0. The summed E-state index contributed by atoms with van der Waals surface area (Å²) < 4.78 is 5.67. The number of benzene rings is 1. The summed E-state index contributed by atoms with van der Waals surface area (Å²) in [6.07, 6.45) is 2.28. The number of hydrogen-bond donors (Lipinski definition) is 2. The molecule has 0 saturated carbocycles. The van der Waals surface area contributed by atoms with Crippen LogP contribution in [0, 0.1) is 0 Å². The van der Waals surface area contributed by atoms with Gasteiger partial charge < -0.3 is 15.6 Å². The van der Waals surface area contributed by atoms with Crippen LogP contribution in [-0.4, -0.2) is 24.4 Å². The zero-order chi connectivity index (χ0) is 14.3. The maximum absolute atomic E-state index is 9.67. The third kappa shape index (κ3) is 4.84. The number of rotatable bonds is 8. The van der Waals surface area contributed by atoms with Gasteiger partial charge in [-0.1, -0.05) is 26.8 Å². The summed E-state index contributed by atoms with van der Waals surface area (Å²) in [6.45, 7) is 7.47. The lowest BCUT2D eigenvalue weighted by atomic mass is 9.90. The minimum absolute atomic E-state index is 0.314. The van der Waals surface area contributed by atoms with Gasteiger partial charge in [0.1, 0.15) is 5.75 Å². The molecule has 3 heteroatoms. The summed E-state index contributed by atoms with van der Waals surface area (Å²) in [7, 11) is 0. The summed E-state index contributed by atoms with van der Waals surface area (Å²) >= 11 is 0. The molecule has 0 aliphatic carbocycles. The third-order valence-electron chi connectivity index (χ3n) is 3.40. The quantitative estimate of drug-likeness (QED) is 0.760. The average molecular weight is 265 g/mol. The van der Waals surface area contributed by atoms with Gasteiger partial charge in [-0.05, 0) is 48.4 Å². The van der Waals surface area contributed by atoms with E-state index in [1.54, 1.807) is 0 Å². The van der Waals surface area contributed by atoms with Crippen molar-refractivity contribution in [2.45, 2.75) is 52.1 Å². The van der Waals surface area contributed by atoms with E-state index in [4.69, 9.17) is 10.5 Å². The fraction of sp³-hybridized carbons (Fsp3) is 0.625. The maximum Gasteiger partial charge on any atom is 0.119 e. The van der Waals surface area contributed by atoms with Gasteiger partial charge in [0, 0.05) is 6.54 Å². The van der Waals surface area contributed by atoms with Crippen LogP contribution in [0.5, 0.6) is 5.75 Å². The van der Waals surface area contributed by atoms with Gasteiger partial charge in [0.25, 0.3) is 0 Å². The van der Waals surface area contributed by atoms with Crippen molar-refractivity contribution in [2.75, 3.05) is 13.2 Å². The lowest BCUT2D eigenvalue weighted by Gasteiger charge is -2.19. The zero-order valence-corrected chi connectivity index (χ0v) is 12.4. The van der Waals surface area contributed by atoms with Crippen molar-refractivity contribution in [3.63, 3.8) is 0 Å². The first kappa shape index (κ1) is 16.0. The van der Waals surface area contributed by atoms with Crippen molar-refractivity contribution in [2.24, 2.45) is 5.73 Å². The normalized spacial score (nSPS) is 14.2. The second-order valence-electron chi connectivity index (χ2n) is 5.09. The summed E-state index contributed by atoms with van der Waals surface area (Å²) in [5.41, 5.74) is 8.07. The van der Waals surface area contributed by atoms with Crippen molar-refractivity contribution < 1.29 is 9.84 Å². The average Bonchev–Trinajstić information content (AvgIpc) is 2.44. The molecule has 3 N–H and O–H groups in total. The van der Waals surface area contributed by atoms with Crippen molar-refractivity contribution in [3.8, 4) is 5.75 Å². The monoisotopic (exact) mass is 265 g/mol. The van der Waals surface area contributed by atoms with Crippen LogP contribution in [0.25, 0.3) is 0 Å². The van der Waals surface area contributed by atoms with Gasteiger partial charge >= 0.3 is 0 Å². The number of hydrogen-bond acceptors (Lipinski definition) is 3. The van der Waals surface area contributed by atoms with Crippen molar-refractivity contribution in [1.82, 2.24) is 0 Å². The molecule has 2 atom stereocenters. The summed E-state index contributed by atoms with van der Waals surface area (Å²) in [5.74, 6) is 1.25. The van der Waals surface area contributed by atoms with Crippen LogP contribution >= 0.6 is 0 Å². The zero-order valence-electron chi connectivity index (χ0n) is 12.4. The molecule has 0 fully saturated rings. The van der Waals surface area contributed by atoms with Crippen LogP contribution in [0.1, 0.15) is 50.7 Å². The predicted octanol–water partition coefficient (Wildman–Crippen LogP) is 2.85. The van der Waals surface area contributed by atoms with Gasteiger partial charge in [0.2, 0.25) is 0 Å². The van der Waals surface area contributed by atoms with Gasteiger partial charge in [-0.25, -0.2) is 0 Å². The van der Waals surface area contributed by atoms with Crippen LogP contribution < -0.4 is 10.5 Å². The first-order valence-corrected chi connectivity index (χ1v) is 7.26. The Morgan fingerprint density at radius 3 is 2.63 bits per heavy atom. The topological polar surface area (TPSA) is 55.5 Å². The second-order valence-corrected chi connectivity index (χ2v) is 5.09. The lowest BCUT2D eigenvalue weighted by Crippen LogP contribution is -2.21. The van der Waals surface area contributed by atoms with E-state index in [9.17, 15) is 5.11 Å². The molecule has 0 radical (unpaired) electrons. The van der Waals surface area contributed by atoms with Crippen LogP contribution in [0.3, 0.4) is 0 Å². The molecule has 0 aromatic heterocycles. The molecule has 108 valence electrons. The molecule has 0 spiro atoms. The van der Waals surface area contributed by atoms with Crippen LogP contribution in [0.4, 0.5) is 0 Å². The molecular formula is C16H27NO2.